The highest BCUT2D eigenvalue weighted by atomic mass is 16.5. The van der Waals surface area contributed by atoms with E-state index in [1.165, 1.54) is 0 Å². The monoisotopic (exact) mass is 362 g/mol. The molecule has 0 aromatic heterocycles. The average molecular weight is 362 g/mol. The highest BCUT2D eigenvalue weighted by Crippen LogP contribution is 2.28. The van der Waals surface area contributed by atoms with Gasteiger partial charge in [-0.3, -0.25) is 0 Å². The summed E-state index contributed by atoms with van der Waals surface area (Å²) in [5.74, 6) is 1.68. The van der Waals surface area contributed by atoms with Gasteiger partial charge in [-0.2, -0.15) is 0 Å². The molecule has 2 amide bonds. The van der Waals surface area contributed by atoms with E-state index in [0.717, 1.165) is 62.6 Å². The van der Waals surface area contributed by atoms with E-state index in [9.17, 15) is 4.79 Å². The second-order valence-corrected chi connectivity index (χ2v) is 7.08. The Morgan fingerprint density at radius 3 is 2.88 bits per heavy atom. The van der Waals surface area contributed by atoms with Crippen molar-refractivity contribution in [2.45, 2.75) is 18.9 Å². The van der Waals surface area contributed by atoms with Crippen LogP contribution in [0.1, 0.15) is 12.0 Å². The van der Waals surface area contributed by atoms with Gasteiger partial charge in [-0.25, -0.2) is 4.79 Å². The van der Waals surface area contributed by atoms with E-state index < -0.39 is 0 Å². The average Bonchev–Trinajstić information content (AvgIpc) is 2.66. The molecule has 2 aliphatic heterocycles. The zero-order valence-corrected chi connectivity index (χ0v) is 15.8. The van der Waals surface area contributed by atoms with E-state index in [0.29, 0.717) is 13.2 Å². The predicted molar refractivity (Wildman–Crippen MR) is 101 cm³/mol. The number of carbonyl (C=O) groups is 1. The van der Waals surface area contributed by atoms with Gasteiger partial charge in [0.05, 0.1) is 13.2 Å². The van der Waals surface area contributed by atoms with Crippen molar-refractivity contribution in [1.29, 1.82) is 0 Å². The van der Waals surface area contributed by atoms with Gasteiger partial charge in [0.2, 0.25) is 0 Å². The van der Waals surface area contributed by atoms with Crippen molar-refractivity contribution in [3.63, 3.8) is 0 Å². The first-order valence-corrected chi connectivity index (χ1v) is 9.39. The topological polar surface area (TPSA) is 66.1 Å². The molecule has 0 saturated carbocycles. The molecule has 26 heavy (non-hydrogen) atoms. The molecule has 0 unspecified atom stereocenters. The Bertz CT molecular complexity index is 602. The fourth-order valence-electron chi connectivity index (χ4n) is 3.40. The summed E-state index contributed by atoms with van der Waals surface area (Å²) in [7, 11) is 3.81. The molecule has 0 radical (unpaired) electrons. The number of urea groups is 1. The number of hydrogen-bond donors (Lipinski definition) is 2. The molecule has 1 saturated heterocycles. The number of fused-ring (bicyclic) bond motifs is 1. The summed E-state index contributed by atoms with van der Waals surface area (Å²) in [5.41, 5.74) is 1.07. The molecule has 2 N–H and O–H groups in total. The summed E-state index contributed by atoms with van der Waals surface area (Å²) in [4.78, 5) is 16.9. The lowest BCUT2D eigenvalue weighted by atomic mass is 10.0. The number of nitrogens with zero attached hydrogens (tertiary/aromatic N) is 2. The minimum Gasteiger partial charge on any atom is -0.497 e. The Labute approximate surface area is 155 Å². The van der Waals surface area contributed by atoms with Gasteiger partial charge in [0.25, 0.3) is 0 Å². The van der Waals surface area contributed by atoms with Crippen LogP contribution in [0, 0.1) is 0 Å². The van der Waals surface area contributed by atoms with Gasteiger partial charge in [-0.1, -0.05) is 0 Å². The van der Waals surface area contributed by atoms with Crippen LogP contribution in [-0.2, 0) is 6.42 Å². The fourth-order valence-corrected chi connectivity index (χ4v) is 3.40. The Hall–Kier alpha value is -1.99. The van der Waals surface area contributed by atoms with E-state index >= 15 is 0 Å². The Kier molecular flexibility index (Phi) is 6.57. The number of hydrogen-bond acceptors (Lipinski definition) is 5. The Balaban J connectivity index is 1.35. The molecule has 2 heterocycles. The van der Waals surface area contributed by atoms with E-state index in [2.05, 4.69) is 27.5 Å². The first-order valence-electron chi connectivity index (χ1n) is 9.39. The molecule has 7 heteroatoms. The summed E-state index contributed by atoms with van der Waals surface area (Å²) in [6, 6.07) is 5.63. The van der Waals surface area contributed by atoms with Gasteiger partial charge in [0, 0.05) is 32.7 Å². The molecule has 2 aliphatic rings. The summed E-state index contributed by atoms with van der Waals surface area (Å²) in [5, 5.41) is 5.96. The van der Waals surface area contributed by atoms with Gasteiger partial charge in [-0.05, 0) is 50.2 Å². The van der Waals surface area contributed by atoms with E-state index in [1.54, 1.807) is 7.11 Å². The molecule has 0 aliphatic carbocycles. The van der Waals surface area contributed by atoms with Gasteiger partial charge in [0.15, 0.2) is 0 Å². The zero-order valence-electron chi connectivity index (χ0n) is 15.8. The lowest BCUT2D eigenvalue weighted by Crippen LogP contribution is -2.48. The lowest BCUT2D eigenvalue weighted by molar-refractivity contribution is 0.152. The predicted octanol–water partition coefficient (Wildman–Crippen LogP) is 0.935. The fraction of sp³-hybridized carbons (Fsp3) is 0.632. The number of amides is 2. The van der Waals surface area contributed by atoms with Gasteiger partial charge in [-0.15, -0.1) is 0 Å². The first kappa shape index (κ1) is 18.8. The van der Waals surface area contributed by atoms with Crippen LogP contribution in [-0.4, -0.2) is 81.9 Å². The van der Waals surface area contributed by atoms with E-state index in [4.69, 9.17) is 9.47 Å². The molecule has 1 fully saturated rings. The van der Waals surface area contributed by atoms with Crippen LogP contribution < -0.4 is 20.1 Å². The summed E-state index contributed by atoms with van der Waals surface area (Å²) in [6.45, 7) is 6.71. The first-order chi connectivity index (χ1) is 12.6. The summed E-state index contributed by atoms with van der Waals surface area (Å²) >= 11 is 0. The van der Waals surface area contributed by atoms with Crippen molar-refractivity contribution in [2.75, 3.05) is 60.0 Å². The maximum Gasteiger partial charge on any atom is 0.315 e. The second-order valence-electron chi connectivity index (χ2n) is 7.08. The standard InChI is InChI=1S/C19H30N4O3/c1-22-8-10-23(11-9-22)7-3-6-20-19(24)21-16-12-15-13-17(25-2)4-5-18(15)26-14-16/h4-5,13,16H,3,6-12,14H2,1-2H3,(H2,20,21,24)/t16-/m0/s1. The van der Waals surface area contributed by atoms with Crippen LogP contribution in [0.4, 0.5) is 4.79 Å². The van der Waals surface area contributed by atoms with Crippen LogP contribution in [0.2, 0.25) is 0 Å². The lowest BCUT2D eigenvalue weighted by Gasteiger charge is -2.32. The number of likely N-dealkylation sites (N-methyl/N-ethyl adjacent to an activating group) is 1. The van der Waals surface area contributed by atoms with E-state index in [-0.39, 0.29) is 12.1 Å². The number of methoxy groups -OCH3 is 1. The maximum absolute atomic E-state index is 12.1. The highest BCUT2D eigenvalue weighted by Gasteiger charge is 2.22. The van der Waals surface area contributed by atoms with Crippen molar-refractivity contribution in [3.05, 3.63) is 23.8 Å². The molecule has 1 atom stereocenters. The third-order valence-corrected chi connectivity index (χ3v) is 5.04. The zero-order chi connectivity index (χ0) is 18.4. The number of carbonyl (C=O) groups excluding carboxylic acids is 1. The molecule has 1 aromatic rings. The number of benzene rings is 1. The van der Waals surface area contributed by atoms with Crippen molar-refractivity contribution in [1.82, 2.24) is 20.4 Å². The van der Waals surface area contributed by atoms with Crippen LogP contribution in [0.3, 0.4) is 0 Å². The molecule has 1 aromatic carbocycles. The third-order valence-electron chi connectivity index (χ3n) is 5.04. The maximum atomic E-state index is 12.1. The second kappa shape index (κ2) is 9.09. The minimum absolute atomic E-state index is 0.0211. The molecular weight excluding hydrogens is 332 g/mol. The normalized spacial score (nSPS) is 20.8. The SMILES string of the molecule is COc1ccc2c(c1)C[C@H](NC(=O)NCCCN1CCN(C)CC1)CO2. The third kappa shape index (κ3) is 5.25. The quantitative estimate of drug-likeness (QED) is 0.737. The molecule has 0 bridgehead atoms. The van der Waals surface area contributed by atoms with Crippen LogP contribution in [0.25, 0.3) is 0 Å². The summed E-state index contributed by atoms with van der Waals surface area (Å²) < 4.78 is 11.0. The van der Waals surface area contributed by atoms with Crippen LogP contribution in [0.15, 0.2) is 18.2 Å². The van der Waals surface area contributed by atoms with Gasteiger partial charge < -0.3 is 29.9 Å². The molecule has 0 spiro atoms. The van der Waals surface area contributed by atoms with Gasteiger partial charge >= 0.3 is 6.03 Å². The largest absolute Gasteiger partial charge is 0.497 e. The van der Waals surface area contributed by atoms with E-state index in [1.807, 2.05) is 18.2 Å². The smallest absolute Gasteiger partial charge is 0.315 e. The Morgan fingerprint density at radius 2 is 2.12 bits per heavy atom. The van der Waals surface area contributed by atoms with Crippen LogP contribution in [0.5, 0.6) is 11.5 Å². The number of nitrogens with one attached hydrogen (secondary N) is 2. The van der Waals surface area contributed by atoms with Gasteiger partial charge in [0.1, 0.15) is 18.1 Å². The van der Waals surface area contributed by atoms with Crippen molar-refractivity contribution < 1.29 is 14.3 Å². The van der Waals surface area contributed by atoms with Crippen molar-refractivity contribution >= 4 is 6.03 Å². The molecular formula is C19H30N4O3. The molecule has 7 nitrogen and oxygen atoms in total. The number of piperazine rings is 1. The summed E-state index contributed by atoms with van der Waals surface area (Å²) in [6.07, 6.45) is 1.72. The minimum atomic E-state index is -0.122. The highest BCUT2D eigenvalue weighted by molar-refractivity contribution is 5.74. The molecule has 3 rings (SSSR count). The number of rotatable bonds is 6. The Morgan fingerprint density at radius 1 is 1.31 bits per heavy atom. The van der Waals surface area contributed by atoms with Crippen molar-refractivity contribution in [2.24, 2.45) is 0 Å². The number of ether oxygens (including phenoxy) is 2. The van der Waals surface area contributed by atoms with Crippen molar-refractivity contribution in [3.8, 4) is 11.5 Å². The van der Waals surface area contributed by atoms with Crippen LogP contribution >= 0.6 is 0 Å². The molecule has 144 valence electrons.